The van der Waals surface area contributed by atoms with Gasteiger partial charge >= 0.3 is 0 Å². The summed E-state index contributed by atoms with van der Waals surface area (Å²) in [6, 6.07) is 8.94. The molecule has 0 spiro atoms. The average molecular weight is 259 g/mol. The lowest BCUT2D eigenvalue weighted by molar-refractivity contribution is 0.736. The number of allylic oxidation sites excluding steroid dienone is 1. The Morgan fingerprint density at radius 2 is 1.53 bits per heavy atom. The maximum Gasteiger partial charge on any atom is 0.0411 e. The molecule has 0 atom stereocenters. The topological polar surface area (TPSA) is 26.0 Å². The number of benzene rings is 1. The van der Waals surface area contributed by atoms with Gasteiger partial charge in [-0.3, -0.25) is 0 Å². The van der Waals surface area contributed by atoms with E-state index in [1.165, 1.54) is 36.0 Å². The van der Waals surface area contributed by atoms with Gasteiger partial charge in [-0.05, 0) is 43.7 Å². The SMILES string of the molecule is C=C(C)C1(c2ccc(C3(N)CC3)cc2)CC1.CCC.[HH]. The van der Waals surface area contributed by atoms with Crippen LogP contribution in [0.3, 0.4) is 0 Å². The van der Waals surface area contributed by atoms with Crippen molar-refractivity contribution >= 4 is 0 Å². The van der Waals surface area contributed by atoms with Crippen molar-refractivity contribution in [2.24, 2.45) is 5.73 Å². The highest BCUT2D eigenvalue weighted by Crippen LogP contribution is 2.53. The van der Waals surface area contributed by atoms with Crippen LogP contribution in [0.1, 0.15) is 65.4 Å². The molecular formula is C18H29N. The number of nitrogens with two attached hydrogens (primary N) is 1. The van der Waals surface area contributed by atoms with Crippen molar-refractivity contribution in [3.63, 3.8) is 0 Å². The summed E-state index contributed by atoms with van der Waals surface area (Å²) in [5.41, 5.74) is 10.5. The summed E-state index contributed by atoms with van der Waals surface area (Å²) in [6.07, 6.45) is 6.04. The second-order valence-corrected chi connectivity index (χ2v) is 6.30. The highest BCUT2D eigenvalue weighted by atomic mass is 14.8. The molecule has 2 aliphatic rings. The summed E-state index contributed by atoms with van der Waals surface area (Å²) >= 11 is 0. The highest BCUT2D eigenvalue weighted by molar-refractivity contribution is 5.43. The lowest BCUT2D eigenvalue weighted by atomic mass is 9.88. The summed E-state index contributed by atoms with van der Waals surface area (Å²) in [5, 5.41) is 0. The fraction of sp³-hybridized carbons (Fsp3) is 0.556. The minimum Gasteiger partial charge on any atom is -0.321 e. The quantitative estimate of drug-likeness (QED) is 0.767. The van der Waals surface area contributed by atoms with Gasteiger partial charge in [0.1, 0.15) is 0 Å². The van der Waals surface area contributed by atoms with E-state index < -0.39 is 0 Å². The molecule has 0 aliphatic heterocycles. The fourth-order valence-corrected chi connectivity index (χ4v) is 2.63. The first-order valence-electron chi connectivity index (χ1n) is 7.54. The summed E-state index contributed by atoms with van der Waals surface area (Å²) in [7, 11) is 0. The zero-order valence-corrected chi connectivity index (χ0v) is 12.6. The van der Waals surface area contributed by atoms with Crippen LogP contribution in [-0.2, 0) is 11.0 Å². The van der Waals surface area contributed by atoms with E-state index in [9.17, 15) is 0 Å². The number of rotatable bonds is 3. The molecule has 19 heavy (non-hydrogen) atoms. The summed E-state index contributed by atoms with van der Waals surface area (Å²) in [4.78, 5) is 0. The first-order chi connectivity index (χ1) is 8.98. The molecule has 0 radical (unpaired) electrons. The molecule has 2 saturated carbocycles. The van der Waals surface area contributed by atoms with Crippen molar-refractivity contribution in [1.82, 2.24) is 0 Å². The predicted octanol–water partition coefficient (Wildman–Crippen LogP) is 4.90. The molecule has 2 fully saturated rings. The van der Waals surface area contributed by atoms with Gasteiger partial charge in [0.2, 0.25) is 0 Å². The largest absolute Gasteiger partial charge is 0.321 e. The van der Waals surface area contributed by atoms with Crippen LogP contribution >= 0.6 is 0 Å². The Morgan fingerprint density at radius 1 is 1.11 bits per heavy atom. The fourth-order valence-electron chi connectivity index (χ4n) is 2.63. The third-order valence-electron chi connectivity index (χ3n) is 4.37. The molecule has 0 bridgehead atoms. The van der Waals surface area contributed by atoms with Crippen LogP contribution in [0.2, 0.25) is 0 Å². The zero-order chi connectivity index (χ0) is 14.1. The van der Waals surface area contributed by atoms with Crippen LogP contribution in [0.25, 0.3) is 0 Å². The molecule has 106 valence electrons. The van der Waals surface area contributed by atoms with Crippen LogP contribution < -0.4 is 5.73 Å². The third-order valence-corrected chi connectivity index (χ3v) is 4.37. The Hall–Kier alpha value is -1.08. The molecule has 0 unspecified atom stereocenters. The normalized spacial score (nSPS) is 21.1. The lowest BCUT2D eigenvalue weighted by Gasteiger charge is -2.17. The summed E-state index contributed by atoms with van der Waals surface area (Å²) in [5.74, 6) is 0. The van der Waals surface area contributed by atoms with Crippen molar-refractivity contribution in [3.8, 4) is 0 Å². The third kappa shape index (κ3) is 2.76. The Morgan fingerprint density at radius 3 is 1.84 bits per heavy atom. The molecule has 1 aromatic carbocycles. The molecule has 1 heteroatoms. The van der Waals surface area contributed by atoms with Crippen molar-refractivity contribution in [1.29, 1.82) is 0 Å². The van der Waals surface area contributed by atoms with E-state index in [1.807, 2.05) is 0 Å². The van der Waals surface area contributed by atoms with Crippen LogP contribution in [-0.4, -0.2) is 0 Å². The maximum atomic E-state index is 6.18. The molecule has 3 rings (SSSR count). The average Bonchev–Trinajstić information content (AvgIpc) is 3.26. The van der Waals surface area contributed by atoms with Crippen LogP contribution in [0.5, 0.6) is 0 Å². The Balaban J connectivity index is 0.000000462. The Labute approximate surface area is 119 Å². The second-order valence-electron chi connectivity index (χ2n) is 6.30. The van der Waals surface area contributed by atoms with Gasteiger partial charge in [-0.2, -0.15) is 0 Å². The standard InChI is InChI=1S/C15H19N.C3H8.H2/c1-11(2)14(7-8-14)12-3-5-13(6-4-12)15(16)9-10-15;1-3-2;/h3-6H,1,7-10,16H2,2H3;3H2,1-2H3;1H. The van der Waals surface area contributed by atoms with Gasteiger partial charge < -0.3 is 5.73 Å². The second kappa shape index (κ2) is 5.13. The smallest absolute Gasteiger partial charge is 0.0411 e. The Kier molecular flexibility index (Phi) is 3.87. The van der Waals surface area contributed by atoms with Gasteiger partial charge in [0.25, 0.3) is 0 Å². The van der Waals surface area contributed by atoms with Crippen molar-refractivity contribution < 1.29 is 1.43 Å². The summed E-state index contributed by atoms with van der Waals surface area (Å²) < 4.78 is 0. The van der Waals surface area contributed by atoms with E-state index in [1.54, 1.807) is 0 Å². The van der Waals surface area contributed by atoms with E-state index in [-0.39, 0.29) is 6.97 Å². The van der Waals surface area contributed by atoms with Gasteiger partial charge in [0.15, 0.2) is 0 Å². The molecule has 1 nitrogen and oxygen atoms in total. The van der Waals surface area contributed by atoms with E-state index in [4.69, 9.17) is 5.73 Å². The van der Waals surface area contributed by atoms with E-state index in [2.05, 4.69) is 51.6 Å². The molecule has 2 N–H and O–H groups in total. The summed E-state index contributed by atoms with van der Waals surface area (Å²) in [6.45, 7) is 10.5. The maximum absolute atomic E-state index is 6.18. The molecule has 2 aliphatic carbocycles. The van der Waals surface area contributed by atoms with Gasteiger partial charge in [-0.1, -0.05) is 56.7 Å². The van der Waals surface area contributed by atoms with Gasteiger partial charge in [0.05, 0.1) is 0 Å². The molecule has 1 aromatic rings. The van der Waals surface area contributed by atoms with Crippen LogP contribution in [0, 0.1) is 0 Å². The number of hydrogen-bond acceptors (Lipinski definition) is 1. The number of hydrogen-bond donors (Lipinski definition) is 1. The van der Waals surface area contributed by atoms with Crippen LogP contribution in [0.4, 0.5) is 0 Å². The monoisotopic (exact) mass is 259 g/mol. The minimum absolute atomic E-state index is 0. The van der Waals surface area contributed by atoms with Gasteiger partial charge in [-0.25, -0.2) is 0 Å². The molecule has 0 saturated heterocycles. The minimum atomic E-state index is -0.00152. The van der Waals surface area contributed by atoms with Crippen molar-refractivity contribution in [2.75, 3.05) is 0 Å². The molecule has 0 amide bonds. The molecule has 0 aromatic heterocycles. The van der Waals surface area contributed by atoms with Crippen molar-refractivity contribution in [2.45, 2.75) is 63.8 Å². The first-order valence-corrected chi connectivity index (χ1v) is 7.54. The van der Waals surface area contributed by atoms with E-state index in [0.717, 1.165) is 12.8 Å². The Bertz CT molecular complexity index is 453. The van der Waals surface area contributed by atoms with Gasteiger partial charge in [-0.15, -0.1) is 0 Å². The van der Waals surface area contributed by atoms with Gasteiger partial charge in [0, 0.05) is 12.4 Å². The van der Waals surface area contributed by atoms with E-state index in [0.29, 0.717) is 5.41 Å². The van der Waals surface area contributed by atoms with Crippen LogP contribution in [0.15, 0.2) is 36.4 Å². The molecular weight excluding hydrogens is 230 g/mol. The van der Waals surface area contributed by atoms with E-state index >= 15 is 0 Å². The lowest BCUT2D eigenvalue weighted by Crippen LogP contribution is -2.18. The van der Waals surface area contributed by atoms with Crippen molar-refractivity contribution in [3.05, 3.63) is 47.5 Å². The highest BCUT2D eigenvalue weighted by Gasteiger charge is 2.45. The molecule has 0 heterocycles. The first kappa shape index (κ1) is 14.3. The zero-order valence-electron chi connectivity index (χ0n) is 12.6. The predicted molar refractivity (Wildman–Crippen MR) is 85.3 cm³/mol.